The minimum Gasteiger partial charge on any atom is -0.510 e. The number of hydrogen-bond acceptors (Lipinski definition) is 11. The summed E-state index contributed by atoms with van der Waals surface area (Å²) in [7, 11) is 10.8. The zero-order chi connectivity index (χ0) is 31.0. The number of likely N-dealkylation sites (N-methyl/N-ethyl adjacent to an activating group) is 1. The maximum Gasteiger partial charge on any atom is 0.255 e. The van der Waals surface area contributed by atoms with Crippen molar-refractivity contribution in [3.63, 3.8) is 0 Å². The van der Waals surface area contributed by atoms with Gasteiger partial charge in [-0.2, -0.15) is 0 Å². The summed E-state index contributed by atoms with van der Waals surface area (Å²) in [4.78, 5) is 47.2. The highest BCUT2D eigenvalue weighted by Crippen LogP contribution is 2.54. The minimum absolute atomic E-state index is 0.000424. The number of anilines is 1. The van der Waals surface area contributed by atoms with Crippen molar-refractivity contribution in [2.24, 2.45) is 17.6 Å². The third-order valence-electron chi connectivity index (χ3n) is 8.58. The van der Waals surface area contributed by atoms with E-state index in [-0.39, 0.29) is 29.7 Å². The molecule has 3 aliphatic carbocycles. The number of fused-ring (bicyclic) bond motifs is 3. The van der Waals surface area contributed by atoms with E-state index in [1.807, 2.05) is 56.2 Å². The van der Waals surface area contributed by atoms with E-state index in [2.05, 4.69) is 0 Å². The molecule has 11 nitrogen and oxygen atoms in total. The Balaban J connectivity index is 1.71. The topological polar surface area (TPSA) is 168 Å². The maximum atomic E-state index is 14.2. The molecular weight excluding hydrogens is 560 g/mol. The molecule has 6 N–H and O–H groups in total. The van der Waals surface area contributed by atoms with E-state index >= 15 is 0 Å². The third-order valence-corrected chi connectivity index (χ3v) is 9.68. The number of primary amides is 1. The zero-order valence-electron chi connectivity index (χ0n) is 24.4. The van der Waals surface area contributed by atoms with Crippen LogP contribution in [0.5, 0.6) is 5.75 Å². The van der Waals surface area contributed by atoms with Gasteiger partial charge in [-0.15, -0.1) is 11.3 Å². The molecule has 1 amide bonds. The van der Waals surface area contributed by atoms with Gasteiger partial charge >= 0.3 is 0 Å². The van der Waals surface area contributed by atoms with Crippen LogP contribution in [0.3, 0.4) is 0 Å². The van der Waals surface area contributed by atoms with Crippen molar-refractivity contribution >= 4 is 34.5 Å². The number of phenols is 1. The molecule has 0 fully saturated rings. The monoisotopic (exact) mass is 596 g/mol. The standard InChI is InChI=1S/C30H36N4O7S/c1-32(2)12-14-7-8-19(42-14)16-11-18(33(3)4)15-9-13-10-17-23(34(5)6)26(37)22(29(31)40)28(39)30(17,41)27(38)20(13)25(36)21(15)24(16)35/h7-8,11,13,17,23,35,37-38,41H,9-10,12H2,1-6H3,(H2,31,40). The number of allylic oxidation sites excluding steroid dienone is 1. The number of rotatable bonds is 6. The summed E-state index contributed by atoms with van der Waals surface area (Å²) in [6.07, 6.45) is 0.270. The van der Waals surface area contributed by atoms with E-state index in [9.17, 15) is 34.8 Å². The highest BCUT2D eigenvalue weighted by molar-refractivity contribution is 7.15. The Morgan fingerprint density at radius 2 is 1.76 bits per heavy atom. The van der Waals surface area contributed by atoms with Gasteiger partial charge in [0.15, 0.2) is 11.4 Å². The predicted octanol–water partition coefficient (Wildman–Crippen LogP) is 1.98. The lowest BCUT2D eigenvalue weighted by molar-refractivity contribution is -0.148. The summed E-state index contributed by atoms with van der Waals surface area (Å²) < 4.78 is 0. The number of amides is 1. The van der Waals surface area contributed by atoms with Crippen LogP contribution in [-0.2, 0) is 22.6 Å². The van der Waals surface area contributed by atoms with Gasteiger partial charge in [0.1, 0.15) is 22.8 Å². The quantitative estimate of drug-likeness (QED) is 0.311. The SMILES string of the molecule is CN(C)Cc1ccc(-c2cc(N(C)C)c3c(c2O)C(=O)C2=C(O)C4(O)C(=O)C(C(N)=O)=C(O)C(N(C)C)C4CC2C3)s1. The molecular formula is C30H36N4O7S. The second-order valence-electron chi connectivity index (χ2n) is 12.0. The first kappa shape index (κ1) is 29.8. The number of hydrogen-bond donors (Lipinski definition) is 5. The fraction of sp³-hybridized carbons (Fsp3) is 0.433. The van der Waals surface area contributed by atoms with Gasteiger partial charge in [-0.3, -0.25) is 19.3 Å². The Morgan fingerprint density at radius 3 is 2.33 bits per heavy atom. The van der Waals surface area contributed by atoms with E-state index in [1.165, 1.54) is 16.2 Å². The fourth-order valence-corrected chi connectivity index (χ4v) is 7.95. The highest BCUT2D eigenvalue weighted by Gasteiger charge is 2.63. The Kier molecular flexibility index (Phi) is 7.25. The molecule has 5 rings (SSSR count). The van der Waals surface area contributed by atoms with Crippen molar-refractivity contribution < 1.29 is 34.8 Å². The lowest BCUT2D eigenvalue weighted by Gasteiger charge is -2.50. The second-order valence-corrected chi connectivity index (χ2v) is 13.2. The summed E-state index contributed by atoms with van der Waals surface area (Å²) >= 11 is 1.49. The van der Waals surface area contributed by atoms with Crippen LogP contribution in [0.2, 0.25) is 0 Å². The Hall–Kier alpha value is -3.71. The van der Waals surface area contributed by atoms with Crippen LogP contribution >= 0.6 is 11.3 Å². The van der Waals surface area contributed by atoms with Crippen LogP contribution in [0.4, 0.5) is 5.69 Å². The van der Waals surface area contributed by atoms with Gasteiger partial charge in [0.2, 0.25) is 5.78 Å². The van der Waals surface area contributed by atoms with Crippen molar-refractivity contribution in [3.8, 4) is 16.2 Å². The van der Waals surface area contributed by atoms with Crippen molar-refractivity contribution in [2.45, 2.75) is 31.0 Å². The highest BCUT2D eigenvalue weighted by atomic mass is 32.1. The van der Waals surface area contributed by atoms with Crippen LogP contribution in [-0.4, -0.2) is 102 Å². The van der Waals surface area contributed by atoms with E-state index in [0.29, 0.717) is 17.7 Å². The molecule has 0 bridgehead atoms. The predicted molar refractivity (Wildman–Crippen MR) is 159 cm³/mol. The number of carbonyl (C=O) groups is 3. The molecule has 4 atom stereocenters. The number of aliphatic hydroxyl groups excluding tert-OH is 2. The Morgan fingerprint density at radius 1 is 1.10 bits per heavy atom. The first-order valence-corrected chi connectivity index (χ1v) is 14.4. The van der Waals surface area contributed by atoms with Crippen molar-refractivity contribution in [2.75, 3.05) is 47.2 Å². The molecule has 0 spiro atoms. The van der Waals surface area contributed by atoms with Crippen LogP contribution in [0.15, 0.2) is 40.9 Å². The lowest BCUT2D eigenvalue weighted by Crippen LogP contribution is -2.63. The van der Waals surface area contributed by atoms with Crippen LogP contribution in [0.1, 0.15) is 27.2 Å². The number of aliphatic hydroxyl groups is 3. The summed E-state index contributed by atoms with van der Waals surface area (Å²) in [6.45, 7) is 0.706. The number of aromatic hydroxyl groups is 1. The van der Waals surface area contributed by atoms with Gasteiger partial charge in [-0.1, -0.05) is 0 Å². The number of nitrogens with zero attached hydrogens (tertiary/aromatic N) is 3. The first-order valence-electron chi connectivity index (χ1n) is 13.6. The number of thiophene rings is 1. The van der Waals surface area contributed by atoms with Gasteiger partial charge in [-0.05, 0) is 70.7 Å². The van der Waals surface area contributed by atoms with E-state index in [1.54, 1.807) is 14.1 Å². The van der Waals surface area contributed by atoms with Crippen molar-refractivity contribution in [3.05, 3.63) is 56.9 Å². The van der Waals surface area contributed by atoms with Gasteiger partial charge in [-0.25, -0.2) is 0 Å². The number of ketones is 2. The van der Waals surface area contributed by atoms with E-state index < -0.39 is 58.0 Å². The third kappa shape index (κ3) is 4.24. The van der Waals surface area contributed by atoms with Crippen LogP contribution in [0.25, 0.3) is 10.4 Å². The number of benzene rings is 1. The molecule has 2 aromatic rings. The smallest absolute Gasteiger partial charge is 0.255 e. The number of phenolic OH excluding ortho intramolecular Hbond substituents is 1. The molecule has 1 aromatic carbocycles. The Bertz CT molecular complexity index is 1590. The van der Waals surface area contributed by atoms with E-state index in [4.69, 9.17) is 5.73 Å². The lowest BCUT2D eigenvalue weighted by atomic mass is 9.58. The summed E-state index contributed by atoms with van der Waals surface area (Å²) in [5.41, 5.74) is 3.51. The number of nitrogens with two attached hydrogens (primary N) is 1. The summed E-state index contributed by atoms with van der Waals surface area (Å²) in [5.74, 6) is -6.62. The van der Waals surface area contributed by atoms with Crippen molar-refractivity contribution in [1.82, 2.24) is 9.80 Å². The normalized spacial score (nSPS) is 25.6. The summed E-state index contributed by atoms with van der Waals surface area (Å²) in [6, 6.07) is 4.67. The first-order chi connectivity index (χ1) is 19.6. The number of carbonyl (C=O) groups excluding carboxylic acids is 3. The molecule has 224 valence electrons. The van der Waals surface area contributed by atoms with Crippen LogP contribution < -0.4 is 10.6 Å². The fourth-order valence-electron chi connectivity index (χ4n) is 6.81. The largest absolute Gasteiger partial charge is 0.510 e. The average molecular weight is 597 g/mol. The van der Waals surface area contributed by atoms with Gasteiger partial charge < -0.3 is 36.0 Å². The van der Waals surface area contributed by atoms with Crippen molar-refractivity contribution in [1.29, 1.82) is 0 Å². The Labute approximate surface area is 247 Å². The van der Waals surface area contributed by atoms with Crippen LogP contribution in [0, 0.1) is 11.8 Å². The van der Waals surface area contributed by atoms with Gasteiger partial charge in [0.25, 0.3) is 5.91 Å². The maximum absolute atomic E-state index is 14.2. The van der Waals surface area contributed by atoms with Gasteiger partial charge in [0.05, 0.1) is 11.6 Å². The number of Topliss-reactive ketones (excluding diaryl/α,β-unsaturated/α-hetero) is 2. The molecule has 0 radical (unpaired) electrons. The minimum atomic E-state index is -2.67. The molecule has 12 heteroatoms. The molecule has 0 aliphatic heterocycles. The molecule has 3 aliphatic rings. The van der Waals surface area contributed by atoms with E-state index in [0.717, 1.165) is 15.4 Å². The molecule has 1 aromatic heterocycles. The second kappa shape index (κ2) is 10.2. The zero-order valence-corrected chi connectivity index (χ0v) is 25.2. The molecule has 4 unspecified atom stereocenters. The molecule has 42 heavy (non-hydrogen) atoms. The summed E-state index contributed by atoms with van der Waals surface area (Å²) in [5, 5.41) is 45.9. The molecule has 1 heterocycles. The molecule has 0 saturated carbocycles. The average Bonchev–Trinajstić information content (AvgIpc) is 3.33. The molecule has 0 saturated heterocycles. The van der Waals surface area contributed by atoms with Gasteiger partial charge in [0, 0.05) is 53.1 Å².